The van der Waals surface area contributed by atoms with E-state index in [1.807, 2.05) is 13.0 Å². The van der Waals surface area contributed by atoms with Crippen LogP contribution in [0.1, 0.15) is 18.5 Å². The molecule has 5 nitrogen and oxygen atoms in total. The fraction of sp³-hybridized carbons (Fsp3) is 0.375. The van der Waals surface area contributed by atoms with Gasteiger partial charge in [-0.1, -0.05) is 17.7 Å². The first-order valence-corrected chi connectivity index (χ1v) is 7.87. The highest BCUT2D eigenvalue weighted by Gasteiger charge is 2.14. The molecule has 1 aliphatic rings. The third kappa shape index (κ3) is 3.89. The van der Waals surface area contributed by atoms with Gasteiger partial charge in [-0.25, -0.2) is 14.4 Å². The highest BCUT2D eigenvalue weighted by atomic mass is 35.5. The molecule has 1 unspecified atom stereocenters. The molecule has 7 heteroatoms. The number of hydrogen-bond acceptors (Lipinski definition) is 5. The molecule has 1 N–H and O–H groups in total. The summed E-state index contributed by atoms with van der Waals surface area (Å²) in [6.45, 7) is 5.02. The Labute approximate surface area is 139 Å². The van der Waals surface area contributed by atoms with Crippen LogP contribution in [0.3, 0.4) is 0 Å². The van der Waals surface area contributed by atoms with Crippen molar-refractivity contribution in [3.63, 3.8) is 0 Å². The predicted octanol–water partition coefficient (Wildman–Crippen LogP) is 3.28. The van der Waals surface area contributed by atoms with Crippen molar-refractivity contribution in [1.29, 1.82) is 0 Å². The molecule has 2 aromatic rings. The van der Waals surface area contributed by atoms with E-state index >= 15 is 0 Å². The molecule has 1 atom stereocenters. The van der Waals surface area contributed by atoms with E-state index in [-0.39, 0.29) is 11.1 Å². The monoisotopic (exact) mass is 336 g/mol. The summed E-state index contributed by atoms with van der Waals surface area (Å²) < 4.78 is 18.6. The van der Waals surface area contributed by atoms with Gasteiger partial charge in [0.25, 0.3) is 0 Å². The third-order valence-electron chi connectivity index (χ3n) is 3.80. The second-order valence-electron chi connectivity index (χ2n) is 5.40. The van der Waals surface area contributed by atoms with Crippen LogP contribution in [0, 0.1) is 5.82 Å². The molecule has 0 spiro atoms. The zero-order chi connectivity index (χ0) is 16.2. The Morgan fingerprint density at radius 3 is 2.78 bits per heavy atom. The van der Waals surface area contributed by atoms with Crippen LogP contribution in [-0.4, -0.2) is 36.3 Å². The van der Waals surface area contributed by atoms with E-state index in [2.05, 4.69) is 20.2 Å². The first kappa shape index (κ1) is 16.0. The average molecular weight is 337 g/mol. The van der Waals surface area contributed by atoms with Crippen molar-refractivity contribution < 1.29 is 9.13 Å². The van der Waals surface area contributed by atoms with Gasteiger partial charge in [-0.2, -0.15) is 0 Å². The predicted molar refractivity (Wildman–Crippen MR) is 88.5 cm³/mol. The molecule has 122 valence electrons. The molecule has 1 aromatic carbocycles. The Morgan fingerprint density at radius 1 is 1.26 bits per heavy atom. The summed E-state index contributed by atoms with van der Waals surface area (Å²) in [4.78, 5) is 10.7. The maximum Gasteiger partial charge on any atom is 0.141 e. The van der Waals surface area contributed by atoms with E-state index in [0.29, 0.717) is 13.2 Å². The van der Waals surface area contributed by atoms with E-state index in [9.17, 15) is 4.39 Å². The summed E-state index contributed by atoms with van der Waals surface area (Å²) in [6, 6.07) is 6.56. The van der Waals surface area contributed by atoms with Gasteiger partial charge >= 0.3 is 0 Å². The van der Waals surface area contributed by atoms with Gasteiger partial charge in [0.2, 0.25) is 0 Å². The second-order valence-corrected chi connectivity index (χ2v) is 5.81. The normalized spacial score (nSPS) is 16.2. The van der Waals surface area contributed by atoms with Crippen LogP contribution < -0.4 is 10.2 Å². The maximum absolute atomic E-state index is 13.3. The lowest BCUT2D eigenvalue weighted by Gasteiger charge is -2.28. The van der Waals surface area contributed by atoms with Crippen LogP contribution in [-0.2, 0) is 4.74 Å². The van der Waals surface area contributed by atoms with Gasteiger partial charge in [-0.3, -0.25) is 0 Å². The molecule has 1 saturated heterocycles. The SMILES string of the molecule is CC(Nc1cc(N2CCOCC2)ncn1)c1ccc(F)c(Cl)c1. The first-order chi connectivity index (χ1) is 11.1. The summed E-state index contributed by atoms with van der Waals surface area (Å²) in [7, 11) is 0. The van der Waals surface area contributed by atoms with Crippen LogP contribution in [0.5, 0.6) is 0 Å². The van der Waals surface area contributed by atoms with Crippen molar-refractivity contribution in [2.75, 3.05) is 36.5 Å². The molecule has 1 aliphatic heterocycles. The summed E-state index contributed by atoms with van der Waals surface area (Å²) in [5, 5.41) is 3.41. The molecule has 0 saturated carbocycles. The zero-order valence-electron chi connectivity index (χ0n) is 12.8. The smallest absolute Gasteiger partial charge is 0.141 e. The number of halogens is 2. The lowest BCUT2D eigenvalue weighted by molar-refractivity contribution is 0.122. The van der Waals surface area contributed by atoms with Crippen molar-refractivity contribution in [1.82, 2.24) is 9.97 Å². The number of benzene rings is 1. The highest BCUT2D eigenvalue weighted by molar-refractivity contribution is 6.30. The molecule has 3 rings (SSSR count). The van der Waals surface area contributed by atoms with E-state index in [4.69, 9.17) is 16.3 Å². The lowest BCUT2D eigenvalue weighted by Crippen LogP contribution is -2.36. The van der Waals surface area contributed by atoms with Crippen LogP contribution >= 0.6 is 11.6 Å². The van der Waals surface area contributed by atoms with Gasteiger partial charge in [0.15, 0.2) is 0 Å². The van der Waals surface area contributed by atoms with Gasteiger partial charge in [0.1, 0.15) is 23.8 Å². The van der Waals surface area contributed by atoms with Crippen molar-refractivity contribution in [2.45, 2.75) is 13.0 Å². The van der Waals surface area contributed by atoms with Gasteiger partial charge in [0, 0.05) is 25.2 Å². The minimum atomic E-state index is -0.417. The molecular weight excluding hydrogens is 319 g/mol. The Morgan fingerprint density at radius 2 is 2.04 bits per heavy atom. The van der Waals surface area contributed by atoms with Crippen LogP contribution in [0.25, 0.3) is 0 Å². The van der Waals surface area contributed by atoms with E-state index < -0.39 is 5.82 Å². The summed E-state index contributed by atoms with van der Waals surface area (Å²) >= 11 is 5.84. The zero-order valence-corrected chi connectivity index (χ0v) is 13.6. The molecular formula is C16H18ClFN4O. The van der Waals surface area contributed by atoms with Gasteiger partial charge in [0.05, 0.1) is 18.2 Å². The molecule has 23 heavy (non-hydrogen) atoms. The maximum atomic E-state index is 13.3. The standard InChI is InChI=1S/C16H18ClFN4O/c1-11(12-2-3-14(18)13(17)8-12)21-15-9-16(20-10-19-15)22-4-6-23-7-5-22/h2-3,8-11H,4-7H2,1H3,(H,19,20,21). The quantitative estimate of drug-likeness (QED) is 0.928. The molecule has 0 aliphatic carbocycles. The average Bonchev–Trinajstić information content (AvgIpc) is 2.58. The summed E-state index contributed by atoms with van der Waals surface area (Å²) in [6.07, 6.45) is 1.54. The Hall–Kier alpha value is -1.92. The molecule has 1 aromatic heterocycles. The molecule has 0 bridgehead atoms. The Balaban J connectivity index is 1.72. The molecule has 1 fully saturated rings. The first-order valence-electron chi connectivity index (χ1n) is 7.50. The summed E-state index contributed by atoms with van der Waals surface area (Å²) in [5.74, 6) is 1.17. The number of rotatable bonds is 4. The highest BCUT2D eigenvalue weighted by Crippen LogP contribution is 2.24. The van der Waals surface area contributed by atoms with Crippen LogP contribution in [0.2, 0.25) is 5.02 Å². The molecule has 0 amide bonds. The van der Waals surface area contributed by atoms with Crippen molar-refractivity contribution in [2.24, 2.45) is 0 Å². The van der Waals surface area contributed by atoms with E-state index in [1.54, 1.807) is 12.1 Å². The number of aromatic nitrogens is 2. The van der Waals surface area contributed by atoms with Crippen molar-refractivity contribution in [3.8, 4) is 0 Å². The number of ether oxygens (including phenoxy) is 1. The van der Waals surface area contributed by atoms with Crippen molar-refractivity contribution >= 4 is 23.2 Å². The molecule has 2 heterocycles. The number of nitrogens with one attached hydrogen (secondary N) is 1. The van der Waals surface area contributed by atoms with Gasteiger partial charge in [-0.05, 0) is 24.6 Å². The molecule has 0 radical (unpaired) electrons. The number of anilines is 2. The minimum absolute atomic E-state index is 0.0551. The largest absolute Gasteiger partial charge is 0.378 e. The van der Waals surface area contributed by atoms with Gasteiger partial charge in [-0.15, -0.1) is 0 Å². The fourth-order valence-electron chi connectivity index (χ4n) is 2.48. The van der Waals surface area contributed by atoms with E-state index in [0.717, 1.165) is 30.3 Å². The Kier molecular flexibility index (Phi) is 4.93. The Bertz CT molecular complexity index is 679. The number of hydrogen-bond donors (Lipinski definition) is 1. The van der Waals surface area contributed by atoms with Crippen molar-refractivity contribution in [3.05, 3.63) is 47.0 Å². The van der Waals surface area contributed by atoms with E-state index in [1.165, 1.54) is 12.4 Å². The number of nitrogens with zero attached hydrogens (tertiary/aromatic N) is 3. The number of morpholine rings is 1. The lowest BCUT2D eigenvalue weighted by atomic mass is 10.1. The third-order valence-corrected chi connectivity index (χ3v) is 4.09. The topological polar surface area (TPSA) is 50.3 Å². The second kappa shape index (κ2) is 7.10. The van der Waals surface area contributed by atoms with Crippen LogP contribution in [0.4, 0.5) is 16.0 Å². The van der Waals surface area contributed by atoms with Gasteiger partial charge < -0.3 is 15.0 Å². The van der Waals surface area contributed by atoms with Crippen LogP contribution in [0.15, 0.2) is 30.6 Å². The summed E-state index contributed by atoms with van der Waals surface area (Å²) in [5.41, 5.74) is 0.892. The minimum Gasteiger partial charge on any atom is -0.378 e. The fourth-order valence-corrected chi connectivity index (χ4v) is 2.67.